The monoisotopic (exact) mass is 414 g/mol. The van der Waals surface area contributed by atoms with E-state index in [9.17, 15) is 24.0 Å². The average molecular weight is 414 g/mol. The molecule has 1 aromatic rings. The molecule has 0 unspecified atom stereocenters. The zero-order valence-electron chi connectivity index (χ0n) is 16.5. The number of urea groups is 1. The maximum Gasteiger partial charge on any atom is 0.327 e. The second-order valence-electron chi connectivity index (χ2n) is 7.73. The highest BCUT2D eigenvalue weighted by Crippen LogP contribution is 2.35. The first-order chi connectivity index (χ1) is 14.3. The van der Waals surface area contributed by atoms with Crippen LogP contribution in [0.2, 0.25) is 0 Å². The number of benzene rings is 1. The molecule has 1 saturated carbocycles. The second kappa shape index (κ2) is 7.43. The lowest BCUT2D eigenvalue weighted by molar-refractivity contribution is -0.156. The van der Waals surface area contributed by atoms with Crippen LogP contribution in [0.1, 0.15) is 32.6 Å². The number of hydrogen-bond donors (Lipinski definition) is 2. The van der Waals surface area contributed by atoms with Gasteiger partial charge in [0.1, 0.15) is 18.6 Å². The molecule has 2 aliphatic heterocycles. The van der Waals surface area contributed by atoms with Crippen molar-refractivity contribution in [3.63, 3.8) is 0 Å². The summed E-state index contributed by atoms with van der Waals surface area (Å²) in [5, 5.41) is 5.37. The molecule has 4 rings (SSSR count). The molecular weight excluding hydrogens is 392 g/mol. The van der Waals surface area contributed by atoms with E-state index in [1.807, 2.05) is 0 Å². The maximum absolute atomic E-state index is 12.8. The van der Waals surface area contributed by atoms with E-state index in [-0.39, 0.29) is 12.5 Å². The third-order valence-corrected chi connectivity index (χ3v) is 5.68. The van der Waals surface area contributed by atoms with Crippen LogP contribution < -0.4 is 15.5 Å². The second-order valence-corrected chi connectivity index (χ2v) is 7.73. The Morgan fingerprint density at radius 1 is 1.17 bits per heavy atom. The fourth-order valence-corrected chi connectivity index (χ4v) is 4.20. The molecule has 5 amide bonds. The van der Waals surface area contributed by atoms with Crippen LogP contribution in [0.5, 0.6) is 0 Å². The highest BCUT2D eigenvalue weighted by Gasteiger charge is 2.53. The van der Waals surface area contributed by atoms with Crippen molar-refractivity contribution in [3.05, 3.63) is 24.3 Å². The number of imide groups is 1. The van der Waals surface area contributed by atoms with Gasteiger partial charge in [0.25, 0.3) is 11.8 Å². The Hall–Kier alpha value is -3.43. The summed E-state index contributed by atoms with van der Waals surface area (Å²) in [7, 11) is 0. The number of nitrogens with one attached hydrogen (secondary N) is 2. The molecule has 1 spiro atoms. The quantitative estimate of drug-likeness (QED) is 0.554. The molecule has 30 heavy (non-hydrogen) atoms. The van der Waals surface area contributed by atoms with Gasteiger partial charge in [-0.15, -0.1) is 0 Å². The number of nitrogens with zero attached hydrogens (tertiary/aromatic N) is 2. The first kappa shape index (κ1) is 19.9. The zero-order valence-corrected chi connectivity index (χ0v) is 16.5. The van der Waals surface area contributed by atoms with E-state index >= 15 is 0 Å². The smallest absolute Gasteiger partial charge is 0.327 e. The molecule has 10 nitrogen and oxygen atoms in total. The molecule has 2 fully saturated rings. The van der Waals surface area contributed by atoms with Gasteiger partial charge < -0.3 is 15.4 Å². The molecule has 1 aromatic carbocycles. The molecule has 158 valence electrons. The summed E-state index contributed by atoms with van der Waals surface area (Å²) in [6, 6.07) is 6.17. The predicted octanol–water partition coefficient (Wildman–Crippen LogP) is 0.768. The largest absolute Gasteiger partial charge is 0.451 e. The number of esters is 1. The third-order valence-electron chi connectivity index (χ3n) is 5.68. The van der Waals surface area contributed by atoms with Crippen LogP contribution >= 0.6 is 0 Å². The Balaban J connectivity index is 1.40. The SMILES string of the molecule is C[C@@H](OC(=O)CN1C(=O)NC2(CCCC2)C1=O)C(=O)N1CC(=O)Nc2ccccc21. The van der Waals surface area contributed by atoms with Crippen molar-refractivity contribution in [1.82, 2.24) is 10.2 Å². The van der Waals surface area contributed by atoms with Gasteiger partial charge in [-0.1, -0.05) is 25.0 Å². The van der Waals surface area contributed by atoms with Gasteiger partial charge in [-0.25, -0.2) is 4.79 Å². The van der Waals surface area contributed by atoms with Gasteiger partial charge >= 0.3 is 12.0 Å². The van der Waals surface area contributed by atoms with Crippen molar-refractivity contribution in [3.8, 4) is 0 Å². The summed E-state index contributed by atoms with van der Waals surface area (Å²) in [6.45, 7) is 0.619. The fraction of sp³-hybridized carbons (Fsp3) is 0.450. The fourth-order valence-electron chi connectivity index (χ4n) is 4.20. The van der Waals surface area contributed by atoms with E-state index in [0.29, 0.717) is 24.2 Å². The number of anilines is 2. The van der Waals surface area contributed by atoms with Crippen LogP contribution in [-0.2, 0) is 23.9 Å². The summed E-state index contributed by atoms with van der Waals surface area (Å²) in [4.78, 5) is 64.0. The normalized spacial score (nSPS) is 20.6. The zero-order chi connectivity index (χ0) is 21.5. The Bertz CT molecular complexity index is 939. The highest BCUT2D eigenvalue weighted by molar-refractivity contribution is 6.11. The minimum atomic E-state index is -1.20. The Kier molecular flexibility index (Phi) is 4.92. The molecule has 2 heterocycles. The maximum atomic E-state index is 12.8. The van der Waals surface area contributed by atoms with Crippen molar-refractivity contribution < 1.29 is 28.7 Å². The van der Waals surface area contributed by atoms with Gasteiger partial charge in [0, 0.05) is 0 Å². The van der Waals surface area contributed by atoms with Gasteiger partial charge in [0.2, 0.25) is 5.91 Å². The molecule has 1 aliphatic carbocycles. The number of carbonyl (C=O) groups excluding carboxylic acids is 5. The molecule has 10 heteroatoms. The van der Waals surface area contributed by atoms with Gasteiger partial charge in [0.15, 0.2) is 6.10 Å². The number of fused-ring (bicyclic) bond motifs is 1. The summed E-state index contributed by atoms with van der Waals surface area (Å²) >= 11 is 0. The number of para-hydroxylation sites is 2. The van der Waals surface area contributed by atoms with Crippen molar-refractivity contribution >= 4 is 41.1 Å². The molecule has 2 N–H and O–H groups in total. The standard InChI is InChI=1S/C20H22N4O6/c1-12(17(27)23-10-15(25)21-13-6-2-3-7-14(13)23)30-16(26)11-24-18(28)20(22-19(24)29)8-4-5-9-20/h2-3,6-7,12H,4-5,8-11H2,1H3,(H,21,25)(H,22,29)/t12-/m1/s1. The van der Waals surface area contributed by atoms with Crippen LogP contribution in [-0.4, -0.2) is 59.4 Å². The Morgan fingerprint density at radius 2 is 1.87 bits per heavy atom. The summed E-state index contributed by atoms with van der Waals surface area (Å²) in [5.74, 6) is -2.23. The van der Waals surface area contributed by atoms with Gasteiger partial charge in [-0.3, -0.25) is 29.0 Å². The number of ether oxygens (including phenoxy) is 1. The van der Waals surface area contributed by atoms with Crippen molar-refractivity contribution in [2.75, 3.05) is 23.3 Å². The predicted molar refractivity (Wildman–Crippen MR) is 104 cm³/mol. The topological polar surface area (TPSA) is 125 Å². The molecule has 1 atom stereocenters. The first-order valence-electron chi connectivity index (χ1n) is 9.84. The molecule has 1 saturated heterocycles. The summed E-state index contributed by atoms with van der Waals surface area (Å²) in [6.07, 6.45) is 1.57. The molecule has 0 radical (unpaired) electrons. The number of carbonyl (C=O) groups is 5. The summed E-state index contributed by atoms with van der Waals surface area (Å²) in [5.41, 5.74) is 0.0769. The molecule has 0 bridgehead atoms. The van der Waals surface area contributed by atoms with Crippen molar-refractivity contribution in [1.29, 1.82) is 0 Å². The van der Waals surface area contributed by atoms with Gasteiger partial charge in [-0.05, 0) is 31.9 Å². The van der Waals surface area contributed by atoms with Gasteiger partial charge in [-0.2, -0.15) is 0 Å². The summed E-state index contributed by atoms with van der Waals surface area (Å²) < 4.78 is 5.19. The third kappa shape index (κ3) is 3.38. The molecule has 3 aliphatic rings. The lowest BCUT2D eigenvalue weighted by Gasteiger charge is -2.30. The lowest BCUT2D eigenvalue weighted by atomic mass is 9.98. The molecule has 0 aromatic heterocycles. The van der Waals surface area contributed by atoms with Crippen LogP contribution in [0.25, 0.3) is 0 Å². The average Bonchev–Trinajstić information content (AvgIpc) is 3.27. The minimum Gasteiger partial charge on any atom is -0.451 e. The van der Waals surface area contributed by atoms with E-state index in [2.05, 4.69) is 10.6 Å². The van der Waals surface area contributed by atoms with E-state index in [4.69, 9.17) is 4.74 Å². The van der Waals surface area contributed by atoms with Crippen LogP contribution in [0.4, 0.5) is 16.2 Å². The van der Waals surface area contributed by atoms with E-state index in [1.54, 1.807) is 24.3 Å². The van der Waals surface area contributed by atoms with E-state index in [0.717, 1.165) is 17.7 Å². The first-order valence-corrected chi connectivity index (χ1v) is 9.84. The van der Waals surface area contributed by atoms with E-state index in [1.165, 1.54) is 11.8 Å². The molecular formula is C20H22N4O6. The van der Waals surface area contributed by atoms with E-state index < -0.39 is 42.0 Å². The lowest BCUT2D eigenvalue weighted by Crippen LogP contribution is -2.48. The van der Waals surface area contributed by atoms with Crippen LogP contribution in [0, 0.1) is 0 Å². The number of hydrogen-bond acceptors (Lipinski definition) is 6. The van der Waals surface area contributed by atoms with Crippen LogP contribution in [0.15, 0.2) is 24.3 Å². The highest BCUT2D eigenvalue weighted by atomic mass is 16.5. The van der Waals surface area contributed by atoms with Crippen LogP contribution in [0.3, 0.4) is 0 Å². The Morgan fingerprint density at radius 3 is 2.60 bits per heavy atom. The Labute approximate surface area is 172 Å². The van der Waals surface area contributed by atoms with Crippen molar-refractivity contribution in [2.45, 2.75) is 44.2 Å². The number of amides is 5. The van der Waals surface area contributed by atoms with Crippen molar-refractivity contribution in [2.24, 2.45) is 0 Å². The number of rotatable bonds is 4. The minimum absolute atomic E-state index is 0.201. The van der Waals surface area contributed by atoms with Gasteiger partial charge in [0.05, 0.1) is 11.4 Å².